The average Bonchev–Trinajstić information content (AvgIpc) is 3.25. The van der Waals surface area contributed by atoms with Gasteiger partial charge in [0.2, 0.25) is 5.95 Å². The van der Waals surface area contributed by atoms with E-state index in [1.54, 1.807) is 24.3 Å². The molecule has 1 aliphatic rings. The molecule has 1 aliphatic heterocycles. The molecule has 0 radical (unpaired) electrons. The van der Waals surface area contributed by atoms with Crippen molar-refractivity contribution in [1.29, 1.82) is 0 Å². The number of aromatic nitrogens is 2. The third-order valence-electron chi connectivity index (χ3n) is 7.26. The minimum atomic E-state index is -4.37. The van der Waals surface area contributed by atoms with Crippen molar-refractivity contribution in [3.63, 3.8) is 0 Å². The van der Waals surface area contributed by atoms with Gasteiger partial charge in [0, 0.05) is 52.4 Å². The molecule has 14 heteroatoms. The quantitative estimate of drug-likeness (QED) is 0.209. The highest BCUT2D eigenvalue weighted by Gasteiger charge is 2.32. The zero-order valence-electron chi connectivity index (χ0n) is 23.1. The maximum atomic E-state index is 13.2. The van der Waals surface area contributed by atoms with Crippen LogP contribution in [0.1, 0.15) is 18.1 Å². The molecule has 4 aromatic rings. The van der Waals surface area contributed by atoms with Gasteiger partial charge in [0.25, 0.3) is 5.91 Å². The van der Waals surface area contributed by atoms with Crippen LogP contribution in [0.15, 0.2) is 54.6 Å². The summed E-state index contributed by atoms with van der Waals surface area (Å²) in [4.78, 5) is 20.3. The number of carbonyl (C=O) groups excluding carboxylic acids is 1. The number of rotatable bonds is 7. The van der Waals surface area contributed by atoms with E-state index in [0.29, 0.717) is 65.9 Å². The molecule has 0 saturated carbocycles. The average molecular weight is 641 g/mol. The molecule has 2 heterocycles. The number of amides is 1. The van der Waals surface area contributed by atoms with Gasteiger partial charge in [-0.2, -0.15) is 22.0 Å². The summed E-state index contributed by atoms with van der Waals surface area (Å²) in [6.07, 6.45) is -4.37. The van der Waals surface area contributed by atoms with Crippen molar-refractivity contribution in [2.24, 2.45) is 7.05 Å². The van der Waals surface area contributed by atoms with Gasteiger partial charge >= 0.3 is 12.1 Å². The van der Waals surface area contributed by atoms with Crippen LogP contribution in [0.5, 0.6) is 0 Å². The van der Waals surface area contributed by atoms with Gasteiger partial charge in [0.05, 0.1) is 38.0 Å². The van der Waals surface area contributed by atoms with Gasteiger partial charge < -0.3 is 25.0 Å². The van der Waals surface area contributed by atoms with Crippen LogP contribution >= 0.6 is 23.2 Å². The summed E-state index contributed by atoms with van der Waals surface area (Å²) in [6, 6.07) is 13.7. The van der Waals surface area contributed by atoms with E-state index in [-0.39, 0.29) is 6.54 Å². The van der Waals surface area contributed by atoms with E-state index in [1.165, 1.54) is 12.1 Å². The van der Waals surface area contributed by atoms with Crippen LogP contribution in [0.2, 0.25) is 10.0 Å². The molecule has 228 valence electrons. The Labute approximate surface area is 254 Å². The number of alkyl halides is 5. The molecule has 2 N–H and O–H groups in total. The topological polar surface area (TPSA) is 65.4 Å². The van der Waals surface area contributed by atoms with Crippen LogP contribution in [0.4, 0.5) is 45.0 Å². The lowest BCUT2D eigenvalue weighted by molar-refractivity contribution is -0.143. The predicted molar refractivity (Wildman–Crippen MR) is 159 cm³/mol. The minimum Gasteiger partial charge on any atom is -0.368 e. The lowest BCUT2D eigenvalue weighted by Gasteiger charge is -2.37. The van der Waals surface area contributed by atoms with Crippen molar-refractivity contribution in [2.75, 3.05) is 41.3 Å². The van der Waals surface area contributed by atoms with E-state index in [0.717, 1.165) is 29.0 Å². The first-order chi connectivity index (χ1) is 20.2. The summed E-state index contributed by atoms with van der Waals surface area (Å²) in [5, 5.41) is 6.24. The van der Waals surface area contributed by atoms with Crippen LogP contribution < -0.4 is 20.4 Å². The molecule has 0 atom stereocenters. The highest BCUT2D eigenvalue weighted by Crippen LogP contribution is 2.35. The maximum Gasteiger partial charge on any atom is 0.416 e. The molecule has 1 saturated heterocycles. The van der Waals surface area contributed by atoms with E-state index >= 15 is 0 Å². The highest BCUT2D eigenvalue weighted by atomic mass is 35.5. The Hall–Kier alpha value is -3.77. The molecule has 1 aromatic heterocycles. The monoisotopic (exact) mass is 640 g/mol. The molecule has 1 fully saturated rings. The van der Waals surface area contributed by atoms with Crippen molar-refractivity contribution in [1.82, 2.24) is 14.9 Å². The summed E-state index contributed by atoms with van der Waals surface area (Å²) < 4.78 is 67.0. The SMILES string of the molecule is Cn1c(Nc2cc(CNC(=O)C(C)(F)F)ccc2Cl)nc2cc(Cl)c(N3CCN(c4ccc(C(F)(F)F)cc4)CC3)cc21. The number of imidazole rings is 1. The zero-order chi connectivity index (χ0) is 31.1. The Morgan fingerprint density at radius 2 is 1.56 bits per heavy atom. The van der Waals surface area contributed by atoms with Gasteiger partial charge in [-0.15, -0.1) is 0 Å². The second-order valence-electron chi connectivity index (χ2n) is 10.3. The fourth-order valence-electron chi connectivity index (χ4n) is 4.86. The molecule has 0 spiro atoms. The summed E-state index contributed by atoms with van der Waals surface area (Å²) in [5.74, 6) is -4.40. The first-order valence-electron chi connectivity index (χ1n) is 13.3. The molecule has 7 nitrogen and oxygen atoms in total. The van der Waals surface area contributed by atoms with Gasteiger partial charge in [-0.3, -0.25) is 4.79 Å². The van der Waals surface area contributed by atoms with Crippen molar-refractivity contribution < 1.29 is 26.7 Å². The normalized spacial score (nSPS) is 14.3. The molecule has 3 aromatic carbocycles. The Kier molecular flexibility index (Phi) is 8.36. The van der Waals surface area contributed by atoms with E-state index in [2.05, 4.69) is 20.5 Å². The number of fused-ring (bicyclic) bond motifs is 1. The van der Waals surface area contributed by atoms with Crippen molar-refractivity contribution in [3.05, 3.63) is 75.8 Å². The van der Waals surface area contributed by atoms with Crippen molar-refractivity contribution in [2.45, 2.75) is 25.6 Å². The second kappa shape index (κ2) is 11.7. The molecule has 0 aliphatic carbocycles. The third kappa shape index (κ3) is 6.75. The number of nitrogens with one attached hydrogen (secondary N) is 2. The van der Waals surface area contributed by atoms with Crippen LogP contribution in [0, 0.1) is 0 Å². The smallest absolute Gasteiger partial charge is 0.368 e. The first-order valence-corrected chi connectivity index (χ1v) is 14.0. The van der Waals surface area contributed by atoms with Crippen LogP contribution in [-0.4, -0.2) is 47.6 Å². The van der Waals surface area contributed by atoms with Gasteiger partial charge in [-0.1, -0.05) is 29.3 Å². The lowest BCUT2D eigenvalue weighted by atomic mass is 10.1. The summed E-state index contributed by atoms with van der Waals surface area (Å²) in [7, 11) is 1.82. The molecular formula is C29H27Cl2F5N6O. The van der Waals surface area contributed by atoms with Gasteiger partial charge in [0.1, 0.15) is 0 Å². The number of anilines is 4. The number of carbonyl (C=O) groups is 1. The van der Waals surface area contributed by atoms with Crippen LogP contribution in [0.25, 0.3) is 11.0 Å². The van der Waals surface area contributed by atoms with Crippen LogP contribution in [-0.2, 0) is 24.6 Å². The van der Waals surface area contributed by atoms with E-state index in [9.17, 15) is 26.7 Å². The first kappa shape index (κ1) is 30.7. The number of halogens is 7. The van der Waals surface area contributed by atoms with Crippen LogP contribution in [0.3, 0.4) is 0 Å². The highest BCUT2D eigenvalue weighted by molar-refractivity contribution is 6.34. The number of hydrogen-bond acceptors (Lipinski definition) is 5. The minimum absolute atomic E-state index is 0.109. The van der Waals surface area contributed by atoms with E-state index in [4.69, 9.17) is 23.2 Å². The molecule has 0 bridgehead atoms. The fraction of sp³-hybridized carbons (Fsp3) is 0.310. The zero-order valence-corrected chi connectivity index (χ0v) is 24.6. The predicted octanol–water partition coefficient (Wildman–Crippen LogP) is 7.24. The molecule has 43 heavy (non-hydrogen) atoms. The van der Waals surface area contributed by atoms with Gasteiger partial charge in [-0.25, -0.2) is 4.98 Å². The van der Waals surface area contributed by atoms with Gasteiger partial charge in [-0.05, 0) is 54.1 Å². The number of benzene rings is 3. The standard InChI is InChI=1S/C29H27Cl2F5N6O/c1-28(32,33)26(43)37-16-17-3-8-20(30)22(13-17)38-27-39-23-14-21(31)24(15-25(23)40(27)2)42-11-9-41(10-12-42)19-6-4-18(5-7-19)29(34,35)36/h3-8,13-15H,9-12,16H2,1-2H3,(H,37,43)(H,38,39). The van der Waals surface area contributed by atoms with Gasteiger partial charge in [0.15, 0.2) is 0 Å². The number of aryl methyl sites for hydroxylation is 1. The molecule has 1 amide bonds. The third-order valence-corrected chi connectivity index (χ3v) is 7.89. The Bertz CT molecular complexity index is 1640. The lowest BCUT2D eigenvalue weighted by Crippen LogP contribution is -2.46. The number of piperazine rings is 1. The summed E-state index contributed by atoms with van der Waals surface area (Å²) in [6.45, 7) is 2.84. The fourth-order valence-corrected chi connectivity index (χ4v) is 5.30. The maximum absolute atomic E-state index is 13.2. The number of hydrogen-bond donors (Lipinski definition) is 2. The van der Waals surface area contributed by atoms with E-state index in [1.807, 2.05) is 22.6 Å². The molecule has 5 rings (SSSR count). The van der Waals surface area contributed by atoms with Crippen molar-refractivity contribution in [3.8, 4) is 0 Å². The van der Waals surface area contributed by atoms with Crippen molar-refractivity contribution >= 4 is 63.2 Å². The Morgan fingerprint density at radius 3 is 2.19 bits per heavy atom. The number of nitrogens with zero attached hydrogens (tertiary/aromatic N) is 4. The summed E-state index contributed by atoms with van der Waals surface area (Å²) in [5.41, 5.74) is 3.31. The molecule has 0 unspecified atom stereocenters. The Balaban J connectivity index is 1.30. The van der Waals surface area contributed by atoms with E-state index < -0.39 is 23.6 Å². The summed E-state index contributed by atoms with van der Waals surface area (Å²) >= 11 is 13.0. The molecular weight excluding hydrogens is 614 g/mol. The largest absolute Gasteiger partial charge is 0.416 e. The Morgan fingerprint density at radius 1 is 0.907 bits per heavy atom. The second-order valence-corrected chi connectivity index (χ2v) is 11.1.